The molecule has 0 amide bonds. The molecule has 1 aliphatic carbocycles. The SMILES string of the molecule is COc1ccc2c(c1)CCC1C2CN(C(C)c2ccccc2)C1Cc1ccccc1. The van der Waals surface area contributed by atoms with Crippen LogP contribution in [0.15, 0.2) is 78.9 Å². The van der Waals surface area contributed by atoms with E-state index in [0.29, 0.717) is 23.9 Å². The van der Waals surface area contributed by atoms with Crippen molar-refractivity contribution in [3.05, 3.63) is 101 Å². The van der Waals surface area contributed by atoms with Gasteiger partial charge in [0.25, 0.3) is 0 Å². The Morgan fingerprint density at radius 3 is 2.43 bits per heavy atom. The number of ether oxygens (including phenoxy) is 1. The summed E-state index contributed by atoms with van der Waals surface area (Å²) in [4.78, 5) is 2.79. The van der Waals surface area contributed by atoms with E-state index in [-0.39, 0.29) is 0 Å². The number of methoxy groups -OCH3 is 1. The van der Waals surface area contributed by atoms with Gasteiger partial charge in [0.15, 0.2) is 0 Å². The fourth-order valence-corrected chi connectivity index (χ4v) is 5.84. The second-order valence-electron chi connectivity index (χ2n) is 8.91. The molecule has 2 heteroatoms. The molecule has 1 fully saturated rings. The van der Waals surface area contributed by atoms with Crippen LogP contribution in [0.25, 0.3) is 0 Å². The number of fused-ring (bicyclic) bond motifs is 3. The third-order valence-corrected chi connectivity index (χ3v) is 7.41. The molecule has 2 nitrogen and oxygen atoms in total. The topological polar surface area (TPSA) is 12.5 Å². The molecular weight excluding hydrogens is 366 g/mol. The van der Waals surface area contributed by atoms with E-state index in [1.54, 1.807) is 12.7 Å². The van der Waals surface area contributed by atoms with E-state index in [9.17, 15) is 0 Å². The number of hydrogen-bond donors (Lipinski definition) is 0. The highest BCUT2D eigenvalue weighted by atomic mass is 16.5. The average Bonchev–Trinajstić information content (AvgIpc) is 3.18. The minimum atomic E-state index is 0.423. The van der Waals surface area contributed by atoms with Crippen molar-refractivity contribution in [2.45, 2.75) is 44.2 Å². The fourth-order valence-electron chi connectivity index (χ4n) is 5.84. The van der Waals surface area contributed by atoms with Crippen molar-refractivity contribution in [2.75, 3.05) is 13.7 Å². The second-order valence-corrected chi connectivity index (χ2v) is 8.91. The summed E-state index contributed by atoms with van der Waals surface area (Å²) in [6.45, 7) is 3.52. The quantitative estimate of drug-likeness (QED) is 0.521. The minimum Gasteiger partial charge on any atom is -0.497 e. The molecule has 3 aromatic carbocycles. The predicted octanol–water partition coefficient (Wildman–Crippen LogP) is 6.03. The van der Waals surface area contributed by atoms with Crippen LogP contribution in [0.1, 0.15) is 47.6 Å². The molecule has 0 bridgehead atoms. The maximum atomic E-state index is 5.50. The monoisotopic (exact) mass is 397 g/mol. The lowest BCUT2D eigenvalue weighted by atomic mass is 9.73. The Labute approximate surface area is 180 Å². The van der Waals surface area contributed by atoms with E-state index < -0.39 is 0 Å². The van der Waals surface area contributed by atoms with Gasteiger partial charge in [0.1, 0.15) is 5.75 Å². The highest BCUT2D eigenvalue weighted by molar-refractivity contribution is 5.41. The zero-order chi connectivity index (χ0) is 20.5. The van der Waals surface area contributed by atoms with Crippen LogP contribution in [0.5, 0.6) is 5.75 Å². The van der Waals surface area contributed by atoms with Gasteiger partial charge in [-0.3, -0.25) is 4.90 Å². The second kappa shape index (κ2) is 8.28. The van der Waals surface area contributed by atoms with Crippen molar-refractivity contribution in [2.24, 2.45) is 5.92 Å². The van der Waals surface area contributed by atoms with Crippen molar-refractivity contribution in [1.82, 2.24) is 4.90 Å². The Balaban J connectivity index is 1.50. The number of aryl methyl sites for hydroxylation is 1. The number of benzene rings is 3. The molecule has 1 aliphatic heterocycles. The third-order valence-electron chi connectivity index (χ3n) is 7.41. The Kier molecular flexibility index (Phi) is 5.35. The zero-order valence-corrected chi connectivity index (χ0v) is 18.0. The van der Waals surface area contributed by atoms with Gasteiger partial charge in [-0.15, -0.1) is 0 Å². The molecule has 0 aromatic heterocycles. The summed E-state index contributed by atoms with van der Waals surface area (Å²) >= 11 is 0. The van der Waals surface area contributed by atoms with Crippen molar-refractivity contribution in [3.8, 4) is 5.75 Å². The normalized spacial score (nSPS) is 24.1. The van der Waals surface area contributed by atoms with Crippen molar-refractivity contribution in [1.29, 1.82) is 0 Å². The molecule has 4 atom stereocenters. The summed E-state index contributed by atoms with van der Waals surface area (Å²) in [5, 5.41) is 0. The van der Waals surface area contributed by atoms with E-state index in [0.717, 1.165) is 25.1 Å². The highest BCUT2D eigenvalue weighted by Gasteiger charge is 2.46. The van der Waals surface area contributed by atoms with Gasteiger partial charge >= 0.3 is 0 Å². The van der Waals surface area contributed by atoms with Gasteiger partial charge in [0, 0.05) is 24.5 Å². The average molecular weight is 398 g/mol. The van der Waals surface area contributed by atoms with Crippen LogP contribution in [0.2, 0.25) is 0 Å². The van der Waals surface area contributed by atoms with Crippen LogP contribution in [-0.2, 0) is 12.8 Å². The predicted molar refractivity (Wildman–Crippen MR) is 123 cm³/mol. The van der Waals surface area contributed by atoms with Crippen molar-refractivity contribution >= 4 is 0 Å². The maximum absolute atomic E-state index is 5.50. The number of likely N-dealkylation sites (tertiary alicyclic amines) is 1. The Bertz CT molecular complexity index is 984. The van der Waals surface area contributed by atoms with Crippen molar-refractivity contribution < 1.29 is 4.74 Å². The summed E-state index contributed by atoms with van der Waals surface area (Å²) in [7, 11) is 1.77. The molecule has 1 heterocycles. The largest absolute Gasteiger partial charge is 0.497 e. The van der Waals surface area contributed by atoms with E-state index in [1.165, 1.54) is 23.1 Å². The van der Waals surface area contributed by atoms with Gasteiger partial charge < -0.3 is 4.74 Å². The summed E-state index contributed by atoms with van der Waals surface area (Å²) in [6, 6.07) is 29.8. The number of nitrogens with zero attached hydrogens (tertiary/aromatic N) is 1. The summed E-state index contributed by atoms with van der Waals surface area (Å²) < 4.78 is 5.50. The van der Waals surface area contributed by atoms with Gasteiger partial charge in [0.2, 0.25) is 0 Å². The summed E-state index contributed by atoms with van der Waals surface area (Å²) in [6.07, 6.45) is 3.55. The maximum Gasteiger partial charge on any atom is 0.119 e. The molecule has 5 rings (SSSR count). The Morgan fingerprint density at radius 2 is 1.70 bits per heavy atom. The molecule has 0 radical (unpaired) electrons. The highest BCUT2D eigenvalue weighted by Crippen LogP contribution is 2.48. The molecule has 2 aliphatic rings. The first-order valence-electron chi connectivity index (χ1n) is 11.3. The molecule has 154 valence electrons. The first-order chi connectivity index (χ1) is 14.7. The molecule has 1 saturated heterocycles. The lowest BCUT2D eigenvalue weighted by molar-refractivity contribution is 0.167. The smallest absolute Gasteiger partial charge is 0.119 e. The van der Waals surface area contributed by atoms with Gasteiger partial charge in [0.05, 0.1) is 7.11 Å². The lowest BCUT2D eigenvalue weighted by Gasteiger charge is -2.34. The summed E-state index contributed by atoms with van der Waals surface area (Å²) in [5.74, 6) is 2.30. The van der Waals surface area contributed by atoms with Gasteiger partial charge in [-0.05, 0) is 66.5 Å². The molecule has 30 heavy (non-hydrogen) atoms. The van der Waals surface area contributed by atoms with E-state index >= 15 is 0 Å². The standard InChI is InChI=1S/C28H31NO/c1-20(22-11-7-4-8-12-22)29-19-27-25-16-14-24(30-2)18-23(25)13-15-26(27)28(29)17-21-9-5-3-6-10-21/h3-12,14,16,18,20,26-28H,13,15,17,19H2,1-2H3. The van der Waals surface area contributed by atoms with E-state index in [1.807, 2.05) is 0 Å². The number of rotatable bonds is 5. The molecule has 4 unspecified atom stereocenters. The zero-order valence-electron chi connectivity index (χ0n) is 18.0. The van der Waals surface area contributed by atoms with E-state index in [2.05, 4.69) is 90.7 Å². The Hall–Kier alpha value is -2.58. The first-order valence-corrected chi connectivity index (χ1v) is 11.3. The van der Waals surface area contributed by atoms with Crippen LogP contribution >= 0.6 is 0 Å². The third kappa shape index (κ3) is 3.54. The van der Waals surface area contributed by atoms with Crippen LogP contribution in [0.4, 0.5) is 0 Å². The van der Waals surface area contributed by atoms with Crippen LogP contribution in [-0.4, -0.2) is 24.6 Å². The molecule has 0 N–H and O–H groups in total. The number of hydrogen-bond acceptors (Lipinski definition) is 2. The van der Waals surface area contributed by atoms with Gasteiger partial charge in [-0.1, -0.05) is 66.7 Å². The summed E-state index contributed by atoms with van der Waals surface area (Å²) in [5.41, 5.74) is 5.91. The van der Waals surface area contributed by atoms with Crippen molar-refractivity contribution in [3.63, 3.8) is 0 Å². The lowest BCUT2D eigenvalue weighted by Crippen LogP contribution is -2.37. The first kappa shape index (κ1) is 19.4. The fraction of sp³-hybridized carbons (Fsp3) is 0.357. The van der Waals surface area contributed by atoms with Gasteiger partial charge in [-0.25, -0.2) is 0 Å². The van der Waals surface area contributed by atoms with Crippen LogP contribution in [0.3, 0.4) is 0 Å². The minimum absolute atomic E-state index is 0.423. The van der Waals surface area contributed by atoms with Crippen LogP contribution < -0.4 is 4.74 Å². The molecule has 3 aromatic rings. The van der Waals surface area contributed by atoms with Gasteiger partial charge in [-0.2, -0.15) is 0 Å². The van der Waals surface area contributed by atoms with E-state index in [4.69, 9.17) is 4.74 Å². The molecule has 0 spiro atoms. The van der Waals surface area contributed by atoms with Crippen LogP contribution in [0, 0.1) is 5.92 Å². The molecular formula is C28H31NO. The molecule has 0 saturated carbocycles. The Morgan fingerprint density at radius 1 is 0.967 bits per heavy atom.